The fourth-order valence-electron chi connectivity index (χ4n) is 4.46. The highest BCUT2D eigenvalue weighted by Gasteiger charge is 2.44. The molecule has 1 spiro atoms. The number of nitrogen functional groups attached to an aromatic ring is 1. The zero-order valence-corrected chi connectivity index (χ0v) is 14.4. The SMILES string of the molecule is Nc1cccc2c1C(=O)N(C=C1C(=O)CC3(CCCCC3)CC1=O)C2=O. The second-order valence-corrected chi connectivity index (χ2v) is 7.55. The van der Waals surface area contributed by atoms with Gasteiger partial charge < -0.3 is 5.73 Å². The maximum atomic E-state index is 12.7. The maximum Gasteiger partial charge on any atom is 0.267 e. The lowest BCUT2D eigenvalue weighted by Crippen LogP contribution is -2.38. The number of nitrogens with zero attached hydrogens (tertiary/aromatic N) is 1. The topological polar surface area (TPSA) is 97.5 Å². The van der Waals surface area contributed by atoms with Gasteiger partial charge in [0.2, 0.25) is 0 Å². The van der Waals surface area contributed by atoms with Crippen LogP contribution in [0, 0.1) is 5.41 Å². The van der Waals surface area contributed by atoms with Crippen LogP contribution >= 0.6 is 0 Å². The molecule has 2 saturated carbocycles. The molecule has 1 aliphatic heterocycles. The zero-order chi connectivity index (χ0) is 18.5. The number of benzene rings is 1. The molecule has 26 heavy (non-hydrogen) atoms. The van der Waals surface area contributed by atoms with Crippen LogP contribution in [0.25, 0.3) is 0 Å². The summed E-state index contributed by atoms with van der Waals surface area (Å²) in [4.78, 5) is 51.3. The Morgan fingerprint density at radius 2 is 1.58 bits per heavy atom. The van der Waals surface area contributed by atoms with Crippen molar-refractivity contribution in [2.45, 2.75) is 44.9 Å². The number of fused-ring (bicyclic) bond motifs is 1. The Kier molecular flexibility index (Phi) is 3.79. The third kappa shape index (κ3) is 2.48. The van der Waals surface area contributed by atoms with E-state index in [-0.39, 0.29) is 39.4 Å². The van der Waals surface area contributed by atoms with Crippen molar-refractivity contribution in [1.29, 1.82) is 0 Å². The normalized spacial score (nSPS) is 22.2. The summed E-state index contributed by atoms with van der Waals surface area (Å²) in [7, 11) is 0. The van der Waals surface area contributed by atoms with Gasteiger partial charge >= 0.3 is 0 Å². The summed E-state index contributed by atoms with van der Waals surface area (Å²) in [5, 5.41) is 0. The molecule has 0 radical (unpaired) electrons. The number of hydrogen-bond donors (Lipinski definition) is 1. The number of anilines is 1. The van der Waals surface area contributed by atoms with Crippen molar-refractivity contribution in [2.75, 3.05) is 5.73 Å². The number of rotatable bonds is 1. The number of allylic oxidation sites excluding steroid dienone is 1. The molecule has 0 bridgehead atoms. The van der Waals surface area contributed by atoms with Gasteiger partial charge in [-0.2, -0.15) is 0 Å². The molecule has 1 aromatic carbocycles. The van der Waals surface area contributed by atoms with Crippen LogP contribution in [0.2, 0.25) is 0 Å². The van der Waals surface area contributed by atoms with Crippen LogP contribution in [0.3, 0.4) is 0 Å². The molecule has 0 unspecified atom stereocenters. The molecule has 3 aliphatic rings. The summed E-state index contributed by atoms with van der Waals surface area (Å²) >= 11 is 0. The number of Topliss-reactive ketones (excluding diaryl/α,β-unsaturated/α-hetero) is 2. The number of hydrogen-bond acceptors (Lipinski definition) is 5. The van der Waals surface area contributed by atoms with Crippen LogP contribution in [-0.2, 0) is 9.59 Å². The van der Waals surface area contributed by atoms with Crippen LogP contribution in [0.4, 0.5) is 5.69 Å². The van der Waals surface area contributed by atoms with E-state index >= 15 is 0 Å². The summed E-state index contributed by atoms with van der Waals surface area (Å²) in [6, 6.07) is 4.66. The molecule has 6 nitrogen and oxygen atoms in total. The molecule has 134 valence electrons. The second kappa shape index (κ2) is 5.90. The van der Waals surface area contributed by atoms with Crippen molar-refractivity contribution >= 4 is 29.1 Å². The Morgan fingerprint density at radius 3 is 2.19 bits per heavy atom. The summed E-state index contributed by atoms with van der Waals surface area (Å²) in [5.74, 6) is -1.68. The quantitative estimate of drug-likeness (QED) is 0.363. The zero-order valence-electron chi connectivity index (χ0n) is 14.4. The van der Waals surface area contributed by atoms with Crippen molar-refractivity contribution in [1.82, 2.24) is 4.90 Å². The molecule has 2 amide bonds. The summed E-state index contributed by atoms with van der Waals surface area (Å²) in [6.07, 6.45) is 6.76. The number of nitrogens with two attached hydrogens (primary N) is 1. The minimum Gasteiger partial charge on any atom is -0.398 e. The summed E-state index contributed by atoms with van der Waals surface area (Å²) < 4.78 is 0. The van der Waals surface area contributed by atoms with Crippen molar-refractivity contribution < 1.29 is 19.2 Å². The standard InChI is InChI=1S/C20H20N2O4/c21-14-6-4-5-12-17(14)19(26)22(18(12)25)11-13-15(23)9-20(10-16(13)24)7-2-1-3-8-20/h4-6,11H,1-3,7-10,21H2. The van der Waals surface area contributed by atoms with Gasteiger partial charge in [0.25, 0.3) is 11.8 Å². The minimum atomic E-state index is -0.589. The van der Waals surface area contributed by atoms with Gasteiger partial charge in [0.05, 0.1) is 16.7 Å². The highest BCUT2D eigenvalue weighted by molar-refractivity contribution is 6.27. The van der Waals surface area contributed by atoms with E-state index in [1.165, 1.54) is 6.07 Å². The lowest BCUT2D eigenvalue weighted by Gasteiger charge is -2.39. The smallest absolute Gasteiger partial charge is 0.267 e. The van der Waals surface area contributed by atoms with Crippen molar-refractivity contribution in [3.8, 4) is 0 Å². The van der Waals surface area contributed by atoms with Crippen LogP contribution in [0.5, 0.6) is 0 Å². The Bertz CT molecular complexity index is 856. The minimum absolute atomic E-state index is 0.0470. The number of ketones is 2. The highest BCUT2D eigenvalue weighted by Crippen LogP contribution is 2.46. The van der Waals surface area contributed by atoms with E-state index in [4.69, 9.17) is 5.73 Å². The third-order valence-corrected chi connectivity index (χ3v) is 5.82. The molecular weight excluding hydrogens is 332 g/mol. The lowest BCUT2D eigenvalue weighted by atomic mass is 9.64. The van der Waals surface area contributed by atoms with Crippen molar-refractivity contribution in [3.63, 3.8) is 0 Å². The van der Waals surface area contributed by atoms with Crippen LogP contribution in [0.15, 0.2) is 30.0 Å². The van der Waals surface area contributed by atoms with Gasteiger partial charge in [-0.05, 0) is 30.4 Å². The Labute approximate surface area is 151 Å². The molecule has 0 saturated heterocycles. The van der Waals surface area contributed by atoms with Gasteiger partial charge in [-0.1, -0.05) is 25.3 Å². The number of imide groups is 1. The van der Waals surface area contributed by atoms with E-state index in [0.29, 0.717) is 12.8 Å². The monoisotopic (exact) mass is 352 g/mol. The molecule has 2 fully saturated rings. The molecule has 0 aromatic heterocycles. The van der Waals surface area contributed by atoms with Crippen LogP contribution < -0.4 is 5.73 Å². The summed E-state index contributed by atoms with van der Waals surface area (Å²) in [5.41, 5.74) is 6.09. The first-order chi connectivity index (χ1) is 12.4. The van der Waals surface area contributed by atoms with E-state index in [9.17, 15) is 19.2 Å². The largest absolute Gasteiger partial charge is 0.398 e. The predicted molar refractivity (Wildman–Crippen MR) is 94.2 cm³/mol. The fraction of sp³-hybridized carbons (Fsp3) is 0.400. The number of carbonyl (C=O) groups is 4. The molecule has 6 heteroatoms. The Balaban J connectivity index is 1.64. The average Bonchev–Trinajstić information content (AvgIpc) is 2.84. The molecule has 2 aliphatic carbocycles. The third-order valence-electron chi connectivity index (χ3n) is 5.82. The van der Waals surface area contributed by atoms with E-state index in [1.54, 1.807) is 12.1 Å². The molecule has 1 heterocycles. The fourth-order valence-corrected chi connectivity index (χ4v) is 4.46. The van der Waals surface area contributed by atoms with Gasteiger partial charge in [-0.3, -0.25) is 19.2 Å². The van der Waals surface area contributed by atoms with Gasteiger partial charge in [0.1, 0.15) is 0 Å². The van der Waals surface area contributed by atoms with Gasteiger partial charge in [0.15, 0.2) is 11.6 Å². The average molecular weight is 352 g/mol. The first-order valence-corrected chi connectivity index (χ1v) is 8.96. The van der Waals surface area contributed by atoms with E-state index < -0.39 is 11.8 Å². The van der Waals surface area contributed by atoms with Gasteiger partial charge in [0, 0.05) is 24.7 Å². The number of carbonyl (C=O) groups excluding carboxylic acids is 4. The first kappa shape index (κ1) is 16.7. The van der Waals surface area contributed by atoms with Crippen LogP contribution in [0.1, 0.15) is 65.7 Å². The highest BCUT2D eigenvalue weighted by atomic mass is 16.2. The van der Waals surface area contributed by atoms with E-state index in [1.807, 2.05) is 0 Å². The summed E-state index contributed by atoms with van der Waals surface area (Å²) in [6.45, 7) is 0. The predicted octanol–water partition coefficient (Wildman–Crippen LogP) is 2.63. The lowest BCUT2D eigenvalue weighted by molar-refractivity contribution is -0.129. The van der Waals surface area contributed by atoms with E-state index in [2.05, 4.69) is 0 Å². The Morgan fingerprint density at radius 1 is 0.923 bits per heavy atom. The second-order valence-electron chi connectivity index (χ2n) is 7.55. The molecule has 0 atom stereocenters. The first-order valence-electron chi connectivity index (χ1n) is 8.96. The Hall–Kier alpha value is -2.76. The van der Waals surface area contributed by atoms with E-state index in [0.717, 1.165) is 43.2 Å². The molecule has 1 aromatic rings. The maximum absolute atomic E-state index is 12.7. The number of amides is 2. The van der Waals surface area contributed by atoms with Crippen molar-refractivity contribution in [2.24, 2.45) is 5.41 Å². The van der Waals surface area contributed by atoms with Crippen molar-refractivity contribution in [3.05, 3.63) is 41.1 Å². The molecule has 4 rings (SSSR count). The molecular formula is C20H20N2O4. The van der Waals surface area contributed by atoms with Gasteiger partial charge in [-0.25, -0.2) is 4.90 Å². The molecule has 2 N–H and O–H groups in total. The van der Waals surface area contributed by atoms with Crippen LogP contribution in [-0.4, -0.2) is 28.3 Å². The van der Waals surface area contributed by atoms with Gasteiger partial charge in [-0.15, -0.1) is 0 Å².